The fraction of sp³-hybridized carbons (Fsp3) is 0.500. The molecule has 0 bridgehead atoms. The summed E-state index contributed by atoms with van der Waals surface area (Å²) in [5.74, 6) is 0.927. The molecule has 88 valence electrons. The quantitative estimate of drug-likeness (QED) is 0.770. The lowest BCUT2D eigenvalue weighted by Crippen LogP contribution is -2.25. The molecular weight excluding hydrogens is 336 g/mol. The summed E-state index contributed by atoms with van der Waals surface area (Å²) in [7, 11) is 0. The Morgan fingerprint density at radius 3 is 2.69 bits per heavy atom. The Balaban J connectivity index is 2.03. The molecule has 0 aromatic heterocycles. The summed E-state index contributed by atoms with van der Waals surface area (Å²) in [5.41, 5.74) is 1.24. The molecule has 1 aromatic rings. The third-order valence-corrected chi connectivity index (χ3v) is 3.88. The summed E-state index contributed by atoms with van der Waals surface area (Å²) in [5, 5.41) is 0.864. The van der Waals surface area contributed by atoms with Crippen LogP contribution in [-0.2, 0) is 10.1 Å². The maximum absolute atomic E-state index is 5.94. The van der Waals surface area contributed by atoms with E-state index >= 15 is 0 Å². The normalized spacial score (nSPS) is 17.4. The van der Waals surface area contributed by atoms with E-state index in [2.05, 4.69) is 44.0 Å². The van der Waals surface area contributed by atoms with Crippen molar-refractivity contribution >= 4 is 31.9 Å². The number of alkyl halides is 1. The first-order valence-electron chi connectivity index (χ1n) is 5.38. The summed E-state index contributed by atoms with van der Waals surface area (Å²) >= 11 is 6.97. The van der Waals surface area contributed by atoms with E-state index in [1.807, 2.05) is 6.07 Å². The van der Waals surface area contributed by atoms with Gasteiger partial charge in [-0.1, -0.05) is 22.0 Å². The minimum absolute atomic E-state index is 0.292. The van der Waals surface area contributed by atoms with E-state index < -0.39 is 0 Å². The summed E-state index contributed by atoms with van der Waals surface area (Å²) in [6.07, 6.45) is 2.25. The van der Waals surface area contributed by atoms with E-state index in [0.29, 0.717) is 6.10 Å². The first-order valence-corrected chi connectivity index (χ1v) is 7.30. The second-order valence-corrected chi connectivity index (χ2v) is 5.24. The molecule has 2 nitrogen and oxygen atoms in total. The molecule has 0 saturated carbocycles. The van der Waals surface area contributed by atoms with E-state index in [1.54, 1.807) is 0 Å². The largest absolute Gasteiger partial charge is 0.489 e. The van der Waals surface area contributed by atoms with Crippen LogP contribution >= 0.6 is 31.9 Å². The van der Waals surface area contributed by atoms with Gasteiger partial charge in [-0.3, -0.25) is 0 Å². The van der Waals surface area contributed by atoms with E-state index in [1.165, 1.54) is 5.56 Å². The van der Waals surface area contributed by atoms with Gasteiger partial charge in [0.15, 0.2) is 0 Å². The van der Waals surface area contributed by atoms with Gasteiger partial charge in [-0.2, -0.15) is 0 Å². The van der Waals surface area contributed by atoms with Crippen molar-refractivity contribution in [1.29, 1.82) is 0 Å². The van der Waals surface area contributed by atoms with Gasteiger partial charge in [0.1, 0.15) is 11.9 Å². The molecule has 2 rings (SSSR count). The average molecular weight is 350 g/mol. The summed E-state index contributed by atoms with van der Waals surface area (Å²) in [6, 6.07) is 6.19. The monoisotopic (exact) mass is 348 g/mol. The molecule has 1 heterocycles. The second-order valence-electron chi connectivity index (χ2n) is 3.83. The van der Waals surface area contributed by atoms with Crippen LogP contribution in [-0.4, -0.2) is 19.3 Å². The van der Waals surface area contributed by atoms with Crippen LogP contribution in [0.2, 0.25) is 0 Å². The van der Waals surface area contributed by atoms with Crippen LogP contribution in [0.25, 0.3) is 0 Å². The third-order valence-electron chi connectivity index (χ3n) is 2.61. The Labute approximate surface area is 113 Å². The summed E-state index contributed by atoms with van der Waals surface area (Å²) < 4.78 is 12.3. The molecule has 0 N–H and O–H groups in total. The number of hydrogen-bond donors (Lipinski definition) is 0. The van der Waals surface area contributed by atoms with Gasteiger partial charge < -0.3 is 9.47 Å². The fourth-order valence-corrected chi connectivity index (χ4v) is 2.56. The summed E-state index contributed by atoms with van der Waals surface area (Å²) in [6.45, 7) is 1.61. The Hall–Kier alpha value is -0.0600. The zero-order valence-corrected chi connectivity index (χ0v) is 12.1. The molecule has 1 aromatic carbocycles. The zero-order valence-electron chi connectivity index (χ0n) is 8.92. The second kappa shape index (κ2) is 6.03. The smallest absolute Gasteiger partial charge is 0.133 e. The predicted octanol–water partition coefficient (Wildman–Crippen LogP) is 3.90. The number of halogens is 2. The van der Waals surface area contributed by atoms with Crippen LogP contribution in [0.1, 0.15) is 18.4 Å². The zero-order chi connectivity index (χ0) is 11.4. The van der Waals surface area contributed by atoms with Crippen molar-refractivity contribution in [2.75, 3.05) is 13.2 Å². The first-order chi connectivity index (χ1) is 7.79. The number of hydrogen-bond acceptors (Lipinski definition) is 2. The lowest BCUT2D eigenvalue weighted by molar-refractivity contribution is 0.0252. The SMILES string of the molecule is BrCc1ccc(OC2CCOCC2)c(Br)c1. The Morgan fingerprint density at radius 1 is 1.31 bits per heavy atom. The highest BCUT2D eigenvalue weighted by Crippen LogP contribution is 2.29. The minimum Gasteiger partial charge on any atom is -0.489 e. The van der Waals surface area contributed by atoms with Crippen LogP contribution in [0, 0.1) is 0 Å². The van der Waals surface area contributed by atoms with Gasteiger partial charge in [-0.05, 0) is 33.6 Å². The Morgan fingerprint density at radius 2 is 2.06 bits per heavy atom. The minimum atomic E-state index is 0.292. The maximum atomic E-state index is 5.94. The number of rotatable bonds is 3. The Bertz CT molecular complexity index is 349. The Kier molecular flexibility index (Phi) is 4.67. The molecule has 1 fully saturated rings. The van der Waals surface area contributed by atoms with Crippen LogP contribution in [0.15, 0.2) is 22.7 Å². The predicted molar refractivity (Wildman–Crippen MR) is 71.2 cm³/mol. The molecule has 0 radical (unpaired) electrons. The van der Waals surface area contributed by atoms with Gasteiger partial charge in [0.2, 0.25) is 0 Å². The van der Waals surface area contributed by atoms with E-state index in [-0.39, 0.29) is 0 Å². The van der Waals surface area contributed by atoms with Crippen molar-refractivity contribution in [3.05, 3.63) is 28.2 Å². The highest BCUT2D eigenvalue weighted by Gasteiger charge is 2.16. The van der Waals surface area contributed by atoms with Crippen molar-refractivity contribution in [2.45, 2.75) is 24.3 Å². The molecule has 4 heteroatoms. The lowest BCUT2D eigenvalue weighted by atomic mass is 10.1. The highest BCUT2D eigenvalue weighted by molar-refractivity contribution is 9.10. The van der Waals surface area contributed by atoms with Crippen molar-refractivity contribution < 1.29 is 9.47 Å². The van der Waals surface area contributed by atoms with Gasteiger partial charge in [0.25, 0.3) is 0 Å². The molecule has 0 unspecified atom stereocenters. The van der Waals surface area contributed by atoms with E-state index in [0.717, 1.165) is 41.6 Å². The van der Waals surface area contributed by atoms with E-state index in [4.69, 9.17) is 9.47 Å². The van der Waals surface area contributed by atoms with Gasteiger partial charge in [-0.15, -0.1) is 0 Å². The van der Waals surface area contributed by atoms with Crippen molar-refractivity contribution in [2.24, 2.45) is 0 Å². The topological polar surface area (TPSA) is 18.5 Å². The summed E-state index contributed by atoms with van der Waals surface area (Å²) in [4.78, 5) is 0. The molecule has 0 atom stereocenters. The molecule has 0 aliphatic carbocycles. The van der Waals surface area contributed by atoms with Crippen LogP contribution in [0.4, 0.5) is 0 Å². The van der Waals surface area contributed by atoms with Gasteiger partial charge in [-0.25, -0.2) is 0 Å². The molecule has 1 saturated heterocycles. The molecule has 1 aliphatic heterocycles. The van der Waals surface area contributed by atoms with Crippen LogP contribution in [0.3, 0.4) is 0 Å². The number of ether oxygens (including phenoxy) is 2. The molecular formula is C12H14Br2O2. The standard InChI is InChI=1S/C12H14Br2O2/c13-8-9-1-2-12(11(14)7-9)16-10-3-5-15-6-4-10/h1-2,7,10H,3-6,8H2. The average Bonchev–Trinajstić information content (AvgIpc) is 2.33. The van der Waals surface area contributed by atoms with E-state index in [9.17, 15) is 0 Å². The van der Waals surface area contributed by atoms with Crippen molar-refractivity contribution in [3.63, 3.8) is 0 Å². The van der Waals surface area contributed by atoms with Crippen molar-refractivity contribution in [1.82, 2.24) is 0 Å². The maximum Gasteiger partial charge on any atom is 0.133 e. The van der Waals surface area contributed by atoms with Gasteiger partial charge in [0, 0.05) is 18.2 Å². The third kappa shape index (κ3) is 3.22. The highest BCUT2D eigenvalue weighted by atomic mass is 79.9. The molecule has 0 spiro atoms. The fourth-order valence-electron chi connectivity index (χ4n) is 1.70. The van der Waals surface area contributed by atoms with Crippen molar-refractivity contribution in [3.8, 4) is 5.75 Å². The molecule has 1 aliphatic rings. The molecule has 16 heavy (non-hydrogen) atoms. The van der Waals surface area contributed by atoms with Gasteiger partial charge >= 0.3 is 0 Å². The van der Waals surface area contributed by atoms with Crippen LogP contribution in [0.5, 0.6) is 5.75 Å². The molecule has 0 amide bonds. The first kappa shape index (κ1) is 12.4. The van der Waals surface area contributed by atoms with Gasteiger partial charge in [0.05, 0.1) is 17.7 Å². The number of benzene rings is 1. The lowest BCUT2D eigenvalue weighted by Gasteiger charge is -2.24. The van der Waals surface area contributed by atoms with Crippen LogP contribution < -0.4 is 4.74 Å².